The van der Waals surface area contributed by atoms with E-state index in [0.29, 0.717) is 35.0 Å². The summed E-state index contributed by atoms with van der Waals surface area (Å²) in [6.07, 6.45) is 4.08. The standard InChI is InChI=1S/C14H13Cl2NO3/c15-10-4-5-11(16)9(8-10)3-6-13(18)17-7-1-2-12(17)14(19)20/h3-6,8,12H,1-2,7H2,(H,19,20)/t12-/m1/s1. The van der Waals surface area contributed by atoms with E-state index >= 15 is 0 Å². The van der Waals surface area contributed by atoms with Crippen molar-refractivity contribution in [3.63, 3.8) is 0 Å². The van der Waals surface area contributed by atoms with Crippen LogP contribution in [0.1, 0.15) is 18.4 Å². The highest BCUT2D eigenvalue weighted by Crippen LogP contribution is 2.23. The Morgan fingerprint density at radius 3 is 2.80 bits per heavy atom. The zero-order valence-electron chi connectivity index (χ0n) is 10.6. The fourth-order valence-corrected chi connectivity index (χ4v) is 2.55. The highest BCUT2D eigenvalue weighted by atomic mass is 35.5. The number of carbonyl (C=O) groups excluding carboxylic acids is 1. The fraction of sp³-hybridized carbons (Fsp3) is 0.286. The van der Waals surface area contributed by atoms with E-state index in [1.54, 1.807) is 24.3 Å². The second kappa shape index (κ2) is 6.29. The first-order valence-electron chi connectivity index (χ1n) is 6.15. The Morgan fingerprint density at radius 1 is 1.35 bits per heavy atom. The monoisotopic (exact) mass is 313 g/mol. The molecule has 1 aliphatic heterocycles. The van der Waals surface area contributed by atoms with E-state index in [-0.39, 0.29) is 5.91 Å². The average molecular weight is 314 g/mol. The zero-order valence-corrected chi connectivity index (χ0v) is 12.1. The lowest BCUT2D eigenvalue weighted by Gasteiger charge is -2.19. The van der Waals surface area contributed by atoms with Crippen molar-refractivity contribution in [3.8, 4) is 0 Å². The first kappa shape index (κ1) is 14.9. The predicted molar refractivity (Wildman–Crippen MR) is 77.9 cm³/mol. The third-order valence-electron chi connectivity index (χ3n) is 3.18. The van der Waals surface area contributed by atoms with Crippen LogP contribution in [0.3, 0.4) is 0 Å². The Morgan fingerprint density at radius 2 is 2.10 bits per heavy atom. The maximum atomic E-state index is 12.0. The van der Waals surface area contributed by atoms with E-state index in [1.807, 2.05) is 0 Å². The number of rotatable bonds is 3. The summed E-state index contributed by atoms with van der Waals surface area (Å²) in [5.41, 5.74) is 0.624. The molecule has 0 bridgehead atoms. The molecule has 1 amide bonds. The molecule has 1 N–H and O–H groups in total. The molecule has 2 rings (SSSR count). The molecule has 0 aliphatic carbocycles. The third kappa shape index (κ3) is 3.32. The summed E-state index contributed by atoms with van der Waals surface area (Å²) in [4.78, 5) is 24.4. The number of hydrogen-bond donors (Lipinski definition) is 1. The molecular formula is C14H13Cl2NO3. The molecule has 1 aromatic rings. The van der Waals surface area contributed by atoms with Gasteiger partial charge in [0.05, 0.1) is 0 Å². The molecule has 20 heavy (non-hydrogen) atoms. The van der Waals surface area contributed by atoms with Crippen molar-refractivity contribution in [2.24, 2.45) is 0 Å². The number of halogens is 2. The molecule has 1 aromatic carbocycles. The Labute approximate surface area is 126 Å². The van der Waals surface area contributed by atoms with Crippen molar-refractivity contribution >= 4 is 41.2 Å². The Balaban J connectivity index is 2.13. The van der Waals surface area contributed by atoms with Crippen LogP contribution >= 0.6 is 23.2 Å². The summed E-state index contributed by atoms with van der Waals surface area (Å²) < 4.78 is 0. The maximum Gasteiger partial charge on any atom is 0.326 e. The van der Waals surface area contributed by atoms with E-state index in [4.69, 9.17) is 28.3 Å². The molecule has 0 spiro atoms. The van der Waals surface area contributed by atoms with Crippen molar-refractivity contribution in [2.75, 3.05) is 6.54 Å². The van der Waals surface area contributed by atoms with Crippen LogP contribution in [0.15, 0.2) is 24.3 Å². The van der Waals surface area contributed by atoms with E-state index in [2.05, 4.69) is 0 Å². The van der Waals surface area contributed by atoms with Gasteiger partial charge in [-0.3, -0.25) is 4.79 Å². The second-order valence-electron chi connectivity index (χ2n) is 4.53. The summed E-state index contributed by atoms with van der Waals surface area (Å²) in [6.45, 7) is 0.462. The highest BCUT2D eigenvalue weighted by molar-refractivity contribution is 6.34. The molecule has 1 heterocycles. The van der Waals surface area contributed by atoms with Gasteiger partial charge in [0.1, 0.15) is 6.04 Å². The van der Waals surface area contributed by atoms with Gasteiger partial charge in [-0.15, -0.1) is 0 Å². The van der Waals surface area contributed by atoms with E-state index in [0.717, 1.165) is 0 Å². The molecule has 0 unspecified atom stereocenters. The van der Waals surface area contributed by atoms with Crippen LogP contribution in [0.5, 0.6) is 0 Å². The zero-order chi connectivity index (χ0) is 14.7. The molecule has 0 radical (unpaired) electrons. The lowest BCUT2D eigenvalue weighted by molar-refractivity contribution is -0.146. The summed E-state index contributed by atoms with van der Waals surface area (Å²) in [6, 6.07) is 4.21. The van der Waals surface area contributed by atoms with Crippen LogP contribution in [0.2, 0.25) is 10.0 Å². The number of aliphatic carboxylic acids is 1. The summed E-state index contributed by atoms with van der Waals surface area (Å²) in [5, 5.41) is 10.0. The molecule has 0 aromatic heterocycles. The van der Waals surface area contributed by atoms with E-state index in [1.165, 1.54) is 11.0 Å². The van der Waals surface area contributed by atoms with Crippen LogP contribution in [0, 0.1) is 0 Å². The SMILES string of the molecule is O=C(O)[C@H]1CCCN1C(=O)C=Cc1cc(Cl)ccc1Cl. The van der Waals surface area contributed by atoms with Gasteiger partial charge in [-0.25, -0.2) is 4.79 Å². The maximum absolute atomic E-state index is 12.0. The molecule has 106 valence electrons. The normalized spacial score (nSPS) is 18.7. The minimum Gasteiger partial charge on any atom is -0.480 e. The van der Waals surface area contributed by atoms with Crippen molar-refractivity contribution in [1.82, 2.24) is 4.90 Å². The summed E-state index contributed by atoms with van der Waals surface area (Å²) in [5.74, 6) is -1.30. The lowest BCUT2D eigenvalue weighted by atomic mass is 10.2. The van der Waals surface area contributed by atoms with Crippen LogP contribution in [0.4, 0.5) is 0 Å². The highest BCUT2D eigenvalue weighted by Gasteiger charge is 2.32. The minimum atomic E-state index is -0.968. The summed E-state index contributed by atoms with van der Waals surface area (Å²) >= 11 is 11.8. The number of carboxylic acids is 1. The topological polar surface area (TPSA) is 57.6 Å². The van der Waals surface area contributed by atoms with Crippen LogP contribution in [-0.2, 0) is 9.59 Å². The number of nitrogens with zero attached hydrogens (tertiary/aromatic N) is 1. The third-order valence-corrected chi connectivity index (χ3v) is 3.76. The fourth-order valence-electron chi connectivity index (χ4n) is 2.19. The largest absolute Gasteiger partial charge is 0.480 e. The number of carboxylic acid groups (broad SMARTS) is 1. The Hall–Kier alpha value is -1.52. The molecule has 6 heteroatoms. The van der Waals surface area contributed by atoms with Gasteiger partial charge in [0.25, 0.3) is 0 Å². The number of carbonyl (C=O) groups is 2. The van der Waals surface area contributed by atoms with Gasteiger partial charge in [0, 0.05) is 22.7 Å². The number of likely N-dealkylation sites (tertiary alicyclic amines) is 1. The van der Waals surface area contributed by atoms with Crippen molar-refractivity contribution in [1.29, 1.82) is 0 Å². The van der Waals surface area contributed by atoms with E-state index < -0.39 is 12.0 Å². The molecule has 0 saturated carbocycles. The van der Waals surface area contributed by atoms with Gasteiger partial charge in [-0.2, -0.15) is 0 Å². The quantitative estimate of drug-likeness (QED) is 0.872. The van der Waals surface area contributed by atoms with Crippen molar-refractivity contribution < 1.29 is 14.7 Å². The van der Waals surface area contributed by atoms with Gasteiger partial charge in [-0.1, -0.05) is 23.2 Å². The number of amides is 1. The smallest absolute Gasteiger partial charge is 0.326 e. The second-order valence-corrected chi connectivity index (χ2v) is 5.37. The Bertz CT molecular complexity index is 572. The summed E-state index contributed by atoms with van der Waals surface area (Å²) in [7, 11) is 0. The van der Waals surface area contributed by atoms with Crippen LogP contribution in [0.25, 0.3) is 6.08 Å². The van der Waals surface area contributed by atoms with Crippen molar-refractivity contribution in [2.45, 2.75) is 18.9 Å². The first-order chi connectivity index (χ1) is 9.49. The predicted octanol–water partition coefficient (Wildman–Crippen LogP) is 3.08. The molecular weight excluding hydrogens is 301 g/mol. The van der Waals surface area contributed by atoms with Gasteiger partial charge < -0.3 is 10.0 Å². The van der Waals surface area contributed by atoms with Gasteiger partial charge in [0.2, 0.25) is 5.91 Å². The minimum absolute atomic E-state index is 0.328. The van der Waals surface area contributed by atoms with Crippen LogP contribution in [-0.4, -0.2) is 34.5 Å². The van der Waals surface area contributed by atoms with E-state index in [9.17, 15) is 9.59 Å². The van der Waals surface area contributed by atoms with Gasteiger partial charge >= 0.3 is 5.97 Å². The van der Waals surface area contributed by atoms with Gasteiger partial charge in [0.15, 0.2) is 0 Å². The molecule has 1 fully saturated rings. The molecule has 1 atom stereocenters. The number of hydrogen-bond acceptors (Lipinski definition) is 2. The molecule has 4 nitrogen and oxygen atoms in total. The van der Waals surface area contributed by atoms with Crippen LogP contribution < -0.4 is 0 Å². The average Bonchev–Trinajstić information content (AvgIpc) is 2.89. The number of benzene rings is 1. The molecule has 1 saturated heterocycles. The first-order valence-corrected chi connectivity index (χ1v) is 6.91. The Kier molecular flexibility index (Phi) is 4.68. The van der Waals surface area contributed by atoms with Crippen molar-refractivity contribution in [3.05, 3.63) is 39.9 Å². The lowest BCUT2D eigenvalue weighted by Crippen LogP contribution is -2.39. The molecule has 1 aliphatic rings. The van der Waals surface area contributed by atoms with Gasteiger partial charge in [-0.05, 0) is 42.7 Å².